The molecule has 0 heterocycles. The molecule has 0 radical (unpaired) electrons. The maximum absolute atomic E-state index is 9.32. The van der Waals surface area contributed by atoms with Crippen molar-refractivity contribution in [2.45, 2.75) is 39.4 Å². The van der Waals surface area contributed by atoms with Crippen molar-refractivity contribution in [3.8, 4) is 0 Å². The number of hydrogen-bond donors (Lipinski definition) is 2. The molecule has 0 aromatic rings. The van der Waals surface area contributed by atoms with Crippen LogP contribution in [-0.4, -0.2) is 22.4 Å². The average molecular weight is 170 g/mol. The minimum absolute atomic E-state index is 0.426. The van der Waals surface area contributed by atoms with Gasteiger partial charge in [-0.05, 0) is 27.2 Å². The summed E-state index contributed by atoms with van der Waals surface area (Å²) < 4.78 is 0. The van der Waals surface area contributed by atoms with Crippen molar-refractivity contribution in [2.24, 2.45) is 0 Å². The molecule has 2 atom stereocenters. The Bertz CT molecular complexity index is 165. The Hall–Kier alpha value is -0.600. The monoisotopic (exact) mass is 170 g/mol. The van der Waals surface area contributed by atoms with E-state index >= 15 is 0 Å². The lowest BCUT2D eigenvalue weighted by Gasteiger charge is -2.02. The summed E-state index contributed by atoms with van der Waals surface area (Å²) in [5, 5.41) is 18.2. The molecule has 0 aliphatic carbocycles. The Balaban J connectivity index is 3.71. The van der Waals surface area contributed by atoms with Gasteiger partial charge in [0, 0.05) is 0 Å². The van der Waals surface area contributed by atoms with E-state index in [1.807, 2.05) is 13.8 Å². The molecule has 70 valence electrons. The highest BCUT2D eigenvalue weighted by Gasteiger charge is 1.95. The summed E-state index contributed by atoms with van der Waals surface area (Å²) in [4.78, 5) is 0. The summed E-state index contributed by atoms with van der Waals surface area (Å²) in [6.07, 6.45) is 4.97. The second-order valence-corrected chi connectivity index (χ2v) is 3.22. The SMILES string of the molecule is CC(C)=CC(O)CC=CC(C)O. The first kappa shape index (κ1) is 11.4. The number of allylic oxidation sites excluding steroid dienone is 1. The third-order valence-corrected chi connectivity index (χ3v) is 1.32. The van der Waals surface area contributed by atoms with Gasteiger partial charge in [0.05, 0.1) is 12.2 Å². The summed E-state index contributed by atoms with van der Waals surface area (Å²) in [6.45, 7) is 5.58. The van der Waals surface area contributed by atoms with Crippen LogP contribution in [-0.2, 0) is 0 Å². The predicted molar refractivity (Wildman–Crippen MR) is 50.9 cm³/mol. The molecule has 0 aliphatic rings. The Morgan fingerprint density at radius 1 is 1.33 bits per heavy atom. The Morgan fingerprint density at radius 2 is 1.92 bits per heavy atom. The molecule has 0 fully saturated rings. The van der Waals surface area contributed by atoms with Crippen LogP contribution in [0.3, 0.4) is 0 Å². The molecule has 0 spiro atoms. The number of rotatable bonds is 4. The van der Waals surface area contributed by atoms with Crippen molar-refractivity contribution < 1.29 is 10.2 Å². The molecular weight excluding hydrogens is 152 g/mol. The lowest BCUT2D eigenvalue weighted by Crippen LogP contribution is -2.01. The topological polar surface area (TPSA) is 40.5 Å². The van der Waals surface area contributed by atoms with Gasteiger partial charge < -0.3 is 10.2 Å². The molecule has 2 N–H and O–H groups in total. The highest BCUT2D eigenvalue weighted by molar-refractivity contribution is 5.01. The largest absolute Gasteiger partial charge is 0.389 e. The molecule has 0 bridgehead atoms. The van der Waals surface area contributed by atoms with Crippen molar-refractivity contribution in [3.05, 3.63) is 23.8 Å². The molecule has 0 aromatic carbocycles. The van der Waals surface area contributed by atoms with Crippen molar-refractivity contribution >= 4 is 0 Å². The maximum atomic E-state index is 9.32. The van der Waals surface area contributed by atoms with E-state index < -0.39 is 12.2 Å². The van der Waals surface area contributed by atoms with Crippen LogP contribution in [0.4, 0.5) is 0 Å². The van der Waals surface area contributed by atoms with Crippen LogP contribution in [0.2, 0.25) is 0 Å². The summed E-state index contributed by atoms with van der Waals surface area (Å²) in [7, 11) is 0. The normalized spacial score (nSPS) is 16.1. The van der Waals surface area contributed by atoms with Gasteiger partial charge in [-0.1, -0.05) is 23.8 Å². The third kappa shape index (κ3) is 7.51. The Labute approximate surface area is 74.2 Å². The van der Waals surface area contributed by atoms with E-state index in [-0.39, 0.29) is 0 Å². The fourth-order valence-corrected chi connectivity index (χ4v) is 0.868. The summed E-state index contributed by atoms with van der Waals surface area (Å²) >= 11 is 0. The Kier molecular flexibility index (Phi) is 5.68. The van der Waals surface area contributed by atoms with Crippen LogP contribution in [0, 0.1) is 0 Å². The highest BCUT2D eigenvalue weighted by Crippen LogP contribution is 2.00. The third-order valence-electron chi connectivity index (χ3n) is 1.32. The van der Waals surface area contributed by atoms with E-state index in [2.05, 4.69) is 0 Å². The minimum Gasteiger partial charge on any atom is -0.389 e. The molecule has 0 amide bonds. The molecule has 0 aromatic heterocycles. The zero-order valence-electron chi connectivity index (χ0n) is 7.99. The van der Waals surface area contributed by atoms with Crippen LogP contribution in [0.15, 0.2) is 23.8 Å². The number of aliphatic hydroxyl groups is 2. The van der Waals surface area contributed by atoms with E-state index in [1.54, 1.807) is 25.2 Å². The molecule has 2 nitrogen and oxygen atoms in total. The van der Waals surface area contributed by atoms with Crippen LogP contribution >= 0.6 is 0 Å². The molecule has 2 unspecified atom stereocenters. The predicted octanol–water partition coefficient (Wildman–Crippen LogP) is 1.64. The highest BCUT2D eigenvalue weighted by atomic mass is 16.3. The van der Waals surface area contributed by atoms with Crippen LogP contribution in [0.5, 0.6) is 0 Å². The van der Waals surface area contributed by atoms with Gasteiger partial charge in [0.1, 0.15) is 0 Å². The molecule has 0 saturated heterocycles. The smallest absolute Gasteiger partial charge is 0.0757 e. The molecule has 12 heavy (non-hydrogen) atoms. The van der Waals surface area contributed by atoms with Crippen molar-refractivity contribution in [3.63, 3.8) is 0 Å². The number of hydrogen-bond acceptors (Lipinski definition) is 2. The van der Waals surface area contributed by atoms with Gasteiger partial charge in [0.2, 0.25) is 0 Å². The van der Waals surface area contributed by atoms with Gasteiger partial charge in [0.15, 0.2) is 0 Å². The quantitative estimate of drug-likeness (QED) is 0.630. The van der Waals surface area contributed by atoms with Gasteiger partial charge in [-0.25, -0.2) is 0 Å². The molecule has 0 rings (SSSR count). The minimum atomic E-state index is -0.427. The van der Waals surface area contributed by atoms with Crippen molar-refractivity contribution in [2.75, 3.05) is 0 Å². The fourth-order valence-electron chi connectivity index (χ4n) is 0.868. The number of aliphatic hydroxyl groups excluding tert-OH is 2. The maximum Gasteiger partial charge on any atom is 0.0757 e. The van der Waals surface area contributed by atoms with E-state index in [1.165, 1.54) is 0 Å². The molecule has 0 aliphatic heterocycles. The fraction of sp³-hybridized carbons (Fsp3) is 0.600. The standard InChI is InChI=1S/C10H18O2/c1-8(2)7-10(12)6-4-5-9(3)11/h4-5,7,9-12H,6H2,1-3H3. The van der Waals surface area contributed by atoms with E-state index in [9.17, 15) is 5.11 Å². The summed E-state index contributed by atoms with van der Waals surface area (Å²) in [5.74, 6) is 0. The van der Waals surface area contributed by atoms with Crippen molar-refractivity contribution in [1.82, 2.24) is 0 Å². The van der Waals surface area contributed by atoms with Crippen LogP contribution < -0.4 is 0 Å². The summed E-state index contributed by atoms with van der Waals surface area (Å²) in [5.41, 5.74) is 1.10. The van der Waals surface area contributed by atoms with Crippen LogP contribution in [0.1, 0.15) is 27.2 Å². The second kappa shape index (κ2) is 5.98. The zero-order valence-corrected chi connectivity index (χ0v) is 7.99. The van der Waals surface area contributed by atoms with Crippen molar-refractivity contribution in [1.29, 1.82) is 0 Å². The second-order valence-electron chi connectivity index (χ2n) is 3.22. The Morgan fingerprint density at radius 3 is 2.33 bits per heavy atom. The molecule has 2 heteroatoms. The van der Waals surface area contributed by atoms with E-state index in [0.717, 1.165) is 5.57 Å². The zero-order chi connectivity index (χ0) is 9.56. The molecular formula is C10H18O2. The van der Waals surface area contributed by atoms with Crippen LogP contribution in [0.25, 0.3) is 0 Å². The average Bonchev–Trinajstić information content (AvgIpc) is 1.84. The van der Waals surface area contributed by atoms with E-state index in [4.69, 9.17) is 5.11 Å². The van der Waals surface area contributed by atoms with Gasteiger partial charge >= 0.3 is 0 Å². The van der Waals surface area contributed by atoms with Gasteiger partial charge in [-0.2, -0.15) is 0 Å². The lowest BCUT2D eigenvalue weighted by molar-refractivity contribution is 0.223. The van der Waals surface area contributed by atoms with Gasteiger partial charge in [0.25, 0.3) is 0 Å². The van der Waals surface area contributed by atoms with Gasteiger partial charge in [-0.3, -0.25) is 0 Å². The summed E-state index contributed by atoms with van der Waals surface area (Å²) in [6, 6.07) is 0. The first-order chi connectivity index (χ1) is 5.52. The van der Waals surface area contributed by atoms with E-state index in [0.29, 0.717) is 6.42 Å². The first-order valence-corrected chi connectivity index (χ1v) is 4.20. The van der Waals surface area contributed by atoms with Gasteiger partial charge in [-0.15, -0.1) is 0 Å². The first-order valence-electron chi connectivity index (χ1n) is 4.20. The lowest BCUT2D eigenvalue weighted by atomic mass is 10.1. The molecule has 0 saturated carbocycles.